The molecule has 7 heteroatoms. The van der Waals surface area contributed by atoms with Crippen molar-refractivity contribution in [3.05, 3.63) is 70.0 Å². The van der Waals surface area contributed by atoms with E-state index in [4.69, 9.17) is 17.3 Å². The Balaban J connectivity index is 0.00000243. The number of nitrogens with zero attached hydrogens (tertiary/aromatic N) is 2. The average molecular weight is 398 g/mol. The molecule has 1 fully saturated rings. The van der Waals surface area contributed by atoms with Gasteiger partial charge in [0.05, 0.1) is 0 Å². The highest BCUT2D eigenvalue weighted by molar-refractivity contribution is 6.31. The Morgan fingerprint density at radius 1 is 1.08 bits per heavy atom. The Morgan fingerprint density at radius 3 is 2.31 bits per heavy atom. The smallest absolute Gasteiger partial charge is 0.253 e. The van der Waals surface area contributed by atoms with E-state index in [1.54, 1.807) is 6.07 Å². The lowest BCUT2D eigenvalue weighted by Gasteiger charge is -2.35. The molecule has 2 N–H and O–H groups in total. The summed E-state index contributed by atoms with van der Waals surface area (Å²) in [5, 5.41) is 0.443. The zero-order chi connectivity index (χ0) is 17.8. The van der Waals surface area contributed by atoms with E-state index in [1.807, 2.05) is 29.2 Å². The Kier molecular flexibility index (Phi) is 7.41. The van der Waals surface area contributed by atoms with Crippen LogP contribution in [-0.2, 0) is 13.1 Å². The lowest BCUT2D eigenvalue weighted by molar-refractivity contribution is 0.0628. The second-order valence-electron chi connectivity index (χ2n) is 6.21. The van der Waals surface area contributed by atoms with Gasteiger partial charge < -0.3 is 10.6 Å². The summed E-state index contributed by atoms with van der Waals surface area (Å²) in [7, 11) is 0. The van der Waals surface area contributed by atoms with Crippen LogP contribution in [0.5, 0.6) is 0 Å². The number of piperazine rings is 1. The van der Waals surface area contributed by atoms with Crippen molar-refractivity contribution in [2.75, 3.05) is 26.2 Å². The van der Waals surface area contributed by atoms with Crippen LogP contribution in [0.3, 0.4) is 0 Å². The van der Waals surface area contributed by atoms with Crippen LogP contribution < -0.4 is 5.73 Å². The monoisotopic (exact) mass is 397 g/mol. The summed E-state index contributed by atoms with van der Waals surface area (Å²) in [5.74, 6) is -0.284. The highest BCUT2D eigenvalue weighted by Gasteiger charge is 2.22. The average Bonchev–Trinajstić information content (AvgIpc) is 2.64. The highest BCUT2D eigenvalue weighted by atomic mass is 35.5. The lowest BCUT2D eigenvalue weighted by Crippen LogP contribution is -2.48. The van der Waals surface area contributed by atoms with Crippen molar-refractivity contribution in [1.29, 1.82) is 0 Å². The Hall–Kier alpha value is -1.66. The highest BCUT2D eigenvalue weighted by Crippen LogP contribution is 2.20. The summed E-state index contributed by atoms with van der Waals surface area (Å²) in [6.07, 6.45) is 0. The SMILES string of the molecule is Cl.NCc1ccc(C(=O)N2CCN(Cc3ccc(F)cc3Cl)CC2)cc1. The molecule has 0 unspecified atom stereocenters. The van der Waals surface area contributed by atoms with Gasteiger partial charge in [0.15, 0.2) is 0 Å². The molecular formula is C19H22Cl2FN3O. The fourth-order valence-electron chi connectivity index (χ4n) is 2.97. The van der Waals surface area contributed by atoms with Gasteiger partial charge in [-0.3, -0.25) is 9.69 Å². The maximum absolute atomic E-state index is 13.1. The number of amides is 1. The van der Waals surface area contributed by atoms with Crippen molar-refractivity contribution < 1.29 is 9.18 Å². The molecule has 4 nitrogen and oxygen atoms in total. The maximum atomic E-state index is 13.1. The quantitative estimate of drug-likeness (QED) is 0.860. The largest absolute Gasteiger partial charge is 0.336 e. The van der Waals surface area contributed by atoms with Gasteiger partial charge in [-0.2, -0.15) is 0 Å². The number of benzene rings is 2. The number of hydrogen-bond donors (Lipinski definition) is 1. The van der Waals surface area contributed by atoms with Crippen LogP contribution in [0.15, 0.2) is 42.5 Å². The minimum Gasteiger partial charge on any atom is -0.336 e. The molecule has 0 atom stereocenters. The standard InChI is InChI=1S/C19H21ClFN3O.ClH/c20-18-11-17(21)6-5-16(18)13-23-7-9-24(10-8-23)19(25)15-3-1-14(12-22)2-4-15;/h1-6,11H,7-10,12-13,22H2;1H. The van der Waals surface area contributed by atoms with E-state index in [-0.39, 0.29) is 24.1 Å². The lowest BCUT2D eigenvalue weighted by atomic mass is 10.1. The van der Waals surface area contributed by atoms with Gasteiger partial charge in [0.1, 0.15) is 5.82 Å². The van der Waals surface area contributed by atoms with Crippen LogP contribution in [0, 0.1) is 5.82 Å². The van der Waals surface area contributed by atoms with Crippen molar-refractivity contribution in [2.24, 2.45) is 5.73 Å². The minimum atomic E-state index is -0.329. The fraction of sp³-hybridized carbons (Fsp3) is 0.316. The van der Waals surface area contributed by atoms with Gasteiger partial charge in [-0.05, 0) is 35.4 Å². The number of halogens is 3. The van der Waals surface area contributed by atoms with Crippen molar-refractivity contribution in [3.63, 3.8) is 0 Å². The zero-order valence-electron chi connectivity index (χ0n) is 14.3. The summed E-state index contributed by atoms with van der Waals surface area (Å²) in [5.41, 5.74) is 8.19. The molecule has 26 heavy (non-hydrogen) atoms. The first-order chi connectivity index (χ1) is 12.1. The number of carbonyl (C=O) groups is 1. The Labute approximate surface area is 164 Å². The van der Waals surface area contributed by atoms with Crippen LogP contribution in [-0.4, -0.2) is 41.9 Å². The molecule has 2 aromatic carbocycles. The summed E-state index contributed by atoms with van der Waals surface area (Å²) < 4.78 is 13.1. The van der Waals surface area contributed by atoms with Gasteiger partial charge >= 0.3 is 0 Å². The molecule has 1 saturated heterocycles. The van der Waals surface area contributed by atoms with Crippen LogP contribution in [0.4, 0.5) is 4.39 Å². The van der Waals surface area contributed by atoms with E-state index in [1.165, 1.54) is 12.1 Å². The third-order valence-electron chi connectivity index (χ3n) is 4.51. The molecule has 1 heterocycles. The van der Waals surface area contributed by atoms with E-state index in [0.717, 1.165) is 24.2 Å². The van der Waals surface area contributed by atoms with E-state index in [2.05, 4.69) is 4.90 Å². The Morgan fingerprint density at radius 2 is 1.73 bits per heavy atom. The van der Waals surface area contributed by atoms with Gasteiger partial charge in [-0.1, -0.05) is 29.8 Å². The van der Waals surface area contributed by atoms with Gasteiger partial charge in [0, 0.05) is 49.9 Å². The van der Waals surface area contributed by atoms with Gasteiger partial charge in [-0.25, -0.2) is 4.39 Å². The molecule has 0 spiro atoms. The van der Waals surface area contributed by atoms with Gasteiger partial charge in [-0.15, -0.1) is 12.4 Å². The van der Waals surface area contributed by atoms with E-state index >= 15 is 0 Å². The number of nitrogens with two attached hydrogens (primary N) is 1. The predicted molar refractivity (Wildman–Crippen MR) is 104 cm³/mol. The van der Waals surface area contributed by atoms with E-state index in [9.17, 15) is 9.18 Å². The van der Waals surface area contributed by atoms with Crippen LogP contribution in [0.2, 0.25) is 5.02 Å². The molecule has 140 valence electrons. The van der Waals surface area contributed by atoms with E-state index in [0.29, 0.717) is 36.8 Å². The van der Waals surface area contributed by atoms with Crippen LogP contribution in [0.1, 0.15) is 21.5 Å². The second-order valence-corrected chi connectivity index (χ2v) is 6.61. The molecule has 2 aromatic rings. The first-order valence-electron chi connectivity index (χ1n) is 8.31. The molecule has 0 aliphatic carbocycles. The molecule has 0 bridgehead atoms. The molecular weight excluding hydrogens is 376 g/mol. The van der Waals surface area contributed by atoms with E-state index < -0.39 is 0 Å². The van der Waals surface area contributed by atoms with Crippen molar-refractivity contribution in [3.8, 4) is 0 Å². The van der Waals surface area contributed by atoms with Crippen LogP contribution in [0.25, 0.3) is 0 Å². The topological polar surface area (TPSA) is 49.6 Å². The zero-order valence-corrected chi connectivity index (χ0v) is 15.9. The predicted octanol–water partition coefficient (Wildman–Crippen LogP) is 3.32. The van der Waals surface area contributed by atoms with Gasteiger partial charge in [0.25, 0.3) is 5.91 Å². The first kappa shape index (κ1) is 20.6. The Bertz CT molecular complexity index is 747. The maximum Gasteiger partial charge on any atom is 0.253 e. The molecule has 3 rings (SSSR count). The fourth-order valence-corrected chi connectivity index (χ4v) is 3.19. The van der Waals surface area contributed by atoms with Crippen molar-refractivity contribution in [2.45, 2.75) is 13.1 Å². The van der Waals surface area contributed by atoms with Crippen molar-refractivity contribution >= 4 is 29.9 Å². The summed E-state index contributed by atoms with van der Waals surface area (Å²) in [6.45, 7) is 3.98. The summed E-state index contributed by atoms with van der Waals surface area (Å²) >= 11 is 6.09. The third kappa shape index (κ3) is 4.95. The summed E-state index contributed by atoms with van der Waals surface area (Å²) in [6, 6.07) is 11.9. The molecule has 0 saturated carbocycles. The van der Waals surface area contributed by atoms with Crippen LogP contribution >= 0.6 is 24.0 Å². The second kappa shape index (κ2) is 9.33. The van der Waals surface area contributed by atoms with Gasteiger partial charge in [0.2, 0.25) is 0 Å². The number of carbonyl (C=O) groups excluding carboxylic acids is 1. The summed E-state index contributed by atoms with van der Waals surface area (Å²) in [4.78, 5) is 16.7. The van der Waals surface area contributed by atoms with Crippen molar-refractivity contribution in [1.82, 2.24) is 9.80 Å². The molecule has 1 aliphatic rings. The number of rotatable bonds is 4. The molecule has 1 amide bonds. The normalized spacial score (nSPS) is 14.8. The number of hydrogen-bond acceptors (Lipinski definition) is 3. The molecule has 0 radical (unpaired) electrons. The minimum absolute atomic E-state index is 0. The molecule has 1 aliphatic heterocycles. The molecule has 0 aromatic heterocycles. The third-order valence-corrected chi connectivity index (χ3v) is 4.86. The first-order valence-corrected chi connectivity index (χ1v) is 8.69.